The van der Waals surface area contributed by atoms with Crippen molar-refractivity contribution in [1.29, 1.82) is 0 Å². The first-order chi connectivity index (χ1) is 15.9. The Labute approximate surface area is 224 Å². The Balaban J connectivity index is 0.000000233. The SMILES string of the molecule is CC1=C(C)C(C)C2=C1[CH-]CCC2.[CH2-]c1ccccc1.[CH2-]c1ccccc1.[CH2-]c1ccccc1.[Ti+4]. The molecule has 3 aromatic rings. The Bertz CT molecular complexity index is 909. The molecule has 1 heteroatoms. The molecule has 0 aromatic heterocycles. The minimum Gasteiger partial charge on any atom is -0.199 e. The molecule has 0 fully saturated rings. The summed E-state index contributed by atoms with van der Waals surface area (Å²) in [6.45, 7) is 18.1. The van der Waals surface area contributed by atoms with Crippen LogP contribution in [0.3, 0.4) is 0 Å². The van der Waals surface area contributed by atoms with E-state index in [4.69, 9.17) is 0 Å². The predicted molar refractivity (Wildman–Crippen MR) is 145 cm³/mol. The van der Waals surface area contributed by atoms with Crippen LogP contribution in [0.2, 0.25) is 0 Å². The maximum Gasteiger partial charge on any atom is 4.00 e. The zero-order chi connectivity index (χ0) is 24.1. The molecule has 0 bridgehead atoms. The maximum atomic E-state index is 3.72. The van der Waals surface area contributed by atoms with Crippen molar-refractivity contribution < 1.29 is 21.7 Å². The van der Waals surface area contributed by atoms with Gasteiger partial charge in [0.15, 0.2) is 0 Å². The summed E-state index contributed by atoms with van der Waals surface area (Å²) in [5.41, 5.74) is 9.66. The molecular formula is C33H38Ti. The maximum absolute atomic E-state index is 3.72. The van der Waals surface area contributed by atoms with Gasteiger partial charge in [0, 0.05) is 0 Å². The van der Waals surface area contributed by atoms with Crippen LogP contribution in [0.25, 0.3) is 0 Å². The second kappa shape index (κ2) is 16.0. The van der Waals surface area contributed by atoms with Crippen molar-refractivity contribution in [3.63, 3.8) is 0 Å². The number of hydrogen-bond donors (Lipinski definition) is 0. The molecule has 1 unspecified atom stereocenters. The Morgan fingerprint density at radius 3 is 1.35 bits per heavy atom. The third kappa shape index (κ3) is 10.1. The van der Waals surface area contributed by atoms with E-state index in [9.17, 15) is 0 Å². The fourth-order valence-electron chi connectivity index (χ4n) is 3.88. The fraction of sp³-hybridized carbons (Fsp3) is 0.212. The summed E-state index contributed by atoms with van der Waals surface area (Å²) in [4.78, 5) is 0. The number of allylic oxidation sites excluding steroid dienone is 4. The zero-order valence-electron chi connectivity index (χ0n) is 21.1. The molecule has 0 nitrogen and oxygen atoms in total. The van der Waals surface area contributed by atoms with Gasteiger partial charge >= 0.3 is 21.7 Å². The second-order valence-corrected chi connectivity index (χ2v) is 8.52. The fourth-order valence-corrected chi connectivity index (χ4v) is 3.88. The van der Waals surface area contributed by atoms with Crippen molar-refractivity contribution in [1.82, 2.24) is 0 Å². The first kappa shape index (κ1) is 29.4. The largest absolute Gasteiger partial charge is 4.00 e. The molecule has 34 heavy (non-hydrogen) atoms. The van der Waals surface area contributed by atoms with Gasteiger partial charge in [-0.2, -0.15) is 97.0 Å². The molecule has 0 heterocycles. The first-order valence-corrected chi connectivity index (χ1v) is 11.7. The topological polar surface area (TPSA) is 0 Å². The summed E-state index contributed by atoms with van der Waals surface area (Å²) in [6, 6.07) is 29.6. The monoisotopic (exact) mass is 482 g/mol. The molecule has 0 amide bonds. The third-order valence-electron chi connectivity index (χ3n) is 6.04. The van der Waals surface area contributed by atoms with Crippen LogP contribution < -0.4 is 0 Å². The van der Waals surface area contributed by atoms with Gasteiger partial charge in [0.05, 0.1) is 0 Å². The number of rotatable bonds is 0. The van der Waals surface area contributed by atoms with Crippen LogP contribution in [0.1, 0.15) is 56.7 Å². The average Bonchev–Trinajstić information content (AvgIpc) is 3.06. The van der Waals surface area contributed by atoms with Crippen molar-refractivity contribution >= 4 is 0 Å². The van der Waals surface area contributed by atoms with Crippen molar-refractivity contribution in [3.05, 3.63) is 157 Å². The van der Waals surface area contributed by atoms with Gasteiger partial charge in [0.25, 0.3) is 0 Å². The molecule has 174 valence electrons. The van der Waals surface area contributed by atoms with Crippen LogP contribution in [0.5, 0.6) is 0 Å². The average molecular weight is 483 g/mol. The summed E-state index contributed by atoms with van der Waals surface area (Å²) in [7, 11) is 0. The summed E-state index contributed by atoms with van der Waals surface area (Å²) in [6.07, 6.45) is 6.42. The van der Waals surface area contributed by atoms with Gasteiger partial charge in [-0.3, -0.25) is 0 Å². The van der Waals surface area contributed by atoms with E-state index in [1.807, 2.05) is 91.0 Å². The summed E-state index contributed by atoms with van der Waals surface area (Å²) in [5, 5.41) is 0. The van der Waals surface area contributed by atoms with E-state index in [0.29, 0.717) is 0 Å². The molecule has 3 aromatic carbocycles. The van der Waals surface area contributed by atoms with Crippen LogP contribution in [-0.4, -0.2) is 0 Å². The van der Waals surface area contributed by atoms with Gasteiger partial charge in [0.2, 0.25) is 0 Å². The number of hydrogen-bond acceptors (Lipinski definition) is 0. The van der Waals surface area contributed by atoms with E-state index in [-0.39, 0.29) is 21.7 Å². The molecule has 0 saturated heterocycles. The Morgan fingerprint density at radius 2 is 1.06 bits per heavy atom. The molecule has 2 aliphatic carbocycles. The van der Waals surface area contributed by atoms with Crippen molar-refractivity contribution in [3.8, 4) is 0 Å². The standard InChI is InChI=1S/C12H17.3C7H7.Ti/c1-8-9(2)11-6-4-5-7-12(11)10(8)3;3*1-7-5-3-2-4-6-7;/h6,10H,4-5,7H2,1-3H3;3*2-6H,1H2;/q4*-1;+4. The quantitative estimate of drug-likeness (QED) is 0.221. The van der Waals surface area contributed by atoms with Crippen LogP contribution in [0, 0.1) is 33.1 Å². The molecule has 5 rings (SSSR count). The van der Waals surface area contributed by atoms with Gasteiger partial charge in [0.1, 0.15) is 0 Å². The summed E-state index contributed by atoms with van der Waals surface area (Å²) < 4.78 is 0. The van der Waals surface area contributed by atoms with Crippen LogP contribution >= 0.6 is 0 Å². The number of benzene rings is 3. The molecule has 2 aliphatic rings. The molecule has 0 aliphatic heterocycles. The van der Waals surface area contributed by atoms with Gasteiger partial charge in [-0.25, -0.2) is 0 Å². The zero-order valence-corrected chi connectivity index (χ0v) is 22.6. The van der Waals surface area contributed by atoms with E-state index in [1.54, 1.807) is 22.3 Å². The first-order valence-electron chi connectivity index (χ1n) is 11.7. The van der Waals surface area contributed by atoms with E-state index in [1.165, 1.54) is 19.3 Å². The van der Waals surface area contributed by atoms with Crippen LogP contribution in [0.15, 0.2) is 113 Å². The van der Waals surface area contributed by atoms with E-state index >= 15 is 0 Å². The normalized spacial score (nSPS) is 15.6. The van der Waals surface area contributed by atoms with Crippen molar-refractivity contribution in [2.45, 2.75) is 40.0 Å². The molecule has 0 radical (unpaired) electrons. The van der Waals surface area contributed by atoms with Crippen molar-refractivity contribution in [2.75, 3.05) is 0 Å². The van der Waals surface area contributed by atoms with Gasteiger partial charge < -0.3 is 0 Å². The Morgan fingerprint density at radius 1 is 0.676 bits per heavy atom. The molecule has 1 atom stereocenters. The van der Waals surface area contributed by atoms with E-state index < -0.39 is 0 Å². The third-order valence-corrected chi connectivity index (χ3v) is 6.04. The summed E-state index contributed by atoms with van der Waals surface area (Å²) in [5.74, 6) is 0.733. The van der Waals surface area contributed by atoms with Crippen LogP contribution in [0.4, 0.5) is 0 Å². The Kier molecular flexibility index (Phi) is 13.9. The van der Waals surface area contributed by atoms with E-state index in [2.05, 4.69) is 48.0 Å². The van der Waals surface area contributed by atoms with Crippen LogP contribution in [-0.2, 0) is 21.7 Å². The van der Waals surface area contributed by atoms with E-state index in [0.717, 1.165) is 22.6 Å². The van der Waals surface area contributed by atoms with Gasteiger partial charge in [-0.05, 0) is 0 Å². The molecular weight excluding hydrogens is 444 g/mol. The minimum absolute atomic E-state index is 0. The minimum atomic E-state index is 0. The second-order valence-electron chi connectivity index (χ2n) is 8.52. The van der Waals surface area contributed by atoms with Gasteiger partial charge in [-0.1, -0.05) is 64.2 Å². The molecule has 0 N–H and O–H groups in total. The predicted octanol–water partition coefficient (Wildman–Crippen LogP) is 9.26. The molecule has 0 saturated carbocycles. The summed E-state index contributed by atoms with van der Waals surface area (Å²) >= 11 is 0. The van der Waals surface area contributed by atoms with Gasteiger partial charge in [-0.15, -0.1) is 42.0 Å². The van der Waals surface area contributed by atoms with Crippen molar-refractivity contribution in [2.24, 2.45) is 5.92 Å². The smallest absolute Gasteiger partial charge is 0.199 e. The molecule has 0 spiro atoms. The Hall–Kier alpha value is -2.67.